The Morgan fingerprint density at radius 1 is 1.16 bits per heavy atom. The summed E-state index contributed by atoms with van der Waals surface area (Å²) in [6, 6.07) is 4.30. The van der Waals surface area contributed by atoms with Gasteiger partial charge >= 0.3 is 6.09 Å². The van der Waals surface area contributed by atoms with E-state index in [4.69, 9.17) is 27.9 Å². The molecule has 0 saturated carbocycles. The highest BCUT2D eigenvalue weighted by molar-refractivity contribution is 7.98. The summed E-state index contributed by atoms with van der Waals surface area (Å²) < 4.78 is 7.94. The lowest BCUT2D eigenvalue weighted by molar-refractivity contribution is -0.121. The van der Waals surface area contributed by atoms with Crippen molar-refractivity contribution in [3.8, 4) is 0 Å². The van der Waals surface area contributed by atoms with Gasteiger partial charge in [-0.3, -0.25) is 9.52 Å². The zero-order valence-corrected chi connectivity index (χ0v) is 17.3. The van der Waals surface area contributed by atoms with Crippen molar-refractivity contribution in [1.29, 1.82) is 0 Å². The Balaban J connectivity index is 2.71. The van der Waals surface area contributed by atoms with E-state index in [1.807, 2.05) is 13.8 Å². The molecular weight excluding hydrogens is 383 g/mol. The molecule has 0 radical (unpaired) electrons. The lowest BCUT2D eigenvalue weighted by atomic mass is 10.0. The fourth-order valence-corrected chi connectivity index (χ4v) is 3.31. The summed E-state index contributed by atoms with van der Waals surface area (Å²) >= 11 is 13.0. The van der Waals surface area contributed by atoms with Gasteiger partial charge in [0, 0.05) is 14.9 Å². The van der Waals surface area contributed by atoms with Crippen molar-refractivity contribution in [2.24, 2.45) is 5.92 Å². The van der Waals surface area contributed by atoms with Gasteiger partial charge in [0.05, 0.1) is 0 Å². The summed E-state index contributed by atoms with van der Waals surface area (Å²) in [5.74, 6) is -0.100. The molecule has 8 heteroatoms. The Labute approximate surface area is 163 Å². The van der Waals surface area contributed by atoms with Gasteiger partial charge in [0.15, 0.2) is 0 Å². The van der Waals surface area contributed by atoms with E-state index in [0.29, 0.717) is 21.4 Å². The molecule has 2 N–H and O–H groups in total. The van der Waals surface area contributed by atoms with Crippen molar-refractivity contribution in [2.45, 2.75) is 57.6 Å². The van der Waals surface area contributed by atoms with Gasteiger partial charge in [-0.2, -0.15) is 0 Å². The number of rotatable bonds is 6. The maximum atomic E-state index is 12.5. The number of ether oxygens (including phenoxy) is 1. The molecule has 1 aromatic rings. The predicted molar refractivity (Wildman–Crippen MR) is 103 cm³/mol. The molecular formula is C17H24Cl2N2O3S. The second-order valence-corrected chi connectivity index (χ2v) is 8.75. The first-order valence-corrected chi connectivity index (χ1v) is 9.46. The molecule has 0 aliphatic carbocycles. The number of halogens is 2. The fourth-order valence-electron chi connectivity index (χ4n) is 1.92. The third-order valence-electron chi connectivity index (χ3n) is 2.82. The van der Waals surface area contributed by atoms with Gasteiger partial charge in [0.25, 0.3) is 5.91 Å². The van der Waals surface area contributed by atoms with Crippen LogP contribution in [-0.2, 0) is 9.53 Å². The Bertz CT molecular complexity index is 598. The lowest BCUT2D eigenvalue weighted by Crippen LogP contribution is -2.47. The normalized spacial score (nSPS) is 12.6. The fraction of sp³-hybridized carbons (Fsp3) is 0.529. The van der Waals surface area contributed by atoms with Crippen LogP contribution in [0.15, 0.2) is 23.1 Å². The van der Waals surface area contributed by atoms with Gasteiger partial charge in [-0.1, -0.05) is 37.0 Å². The third kappa shape index (κ3) is 9.23. The quantitative estimate of drug-likeness (QED) is 0.647. The van der Waals surface area contributed by atoms with Gasteiger partial charge in [-0.05, 0) is 63.3 Å². The smallest absolute Gasteiger partial charge is 0.408 e. The standard InChI is InChI=1S/C17H24Cl2N2O3S/c1-10(2)6-14(20-16(23)24-17(3,4)5)15(22)21-25-13-8-11(18)7-12(19)9-13/h7-10,14H,6H2,1-5H3,(H,20,23)(H,21,22). The summed E-state index contributed by atoms with van der Waals surface area (Å²) in [6.07, 6.45) is -0.133. The van der Waals surface area contributed by atoms with Crippen LogP contribution in [0.1, 0.15) is 41.0 Å². The van der Waals surface area contributed by atoms with Crippen molar-refractivity contribution >= 4 is 47.2 Å². The second kappa shape index (κ2) is 9.55. The van der Waals surface area contributed by atoms with E-state index in [9.17, 15) is 9.59 Å². The molecule has 0 fully saturated rings. The minimum absolute atomic E-state index is 0.219. The predicted octanol–water partition coefficient (Wildman–Crippen LogP) is 5.06. The van der Waals surface area contributed by atoms with E-state index in [1.165, 1.54) is 0 Å². The first kappa shape index (κ1) is 21.9. The van der Waals surface area contributed by atoms with Crippen LogP contribution in [0.25, 0.3) is 0 Å². The Hall–Kier alpha value is -1.11. The third-order valence-corrected chi connectivity index (χ3v) is 4.03. The molecule has 0 aromatic heterocycles. The molecule has 0 heterocycles. The molecule has 0 bridgehead atoms. The molecule has 140 valence electrons. The summed E-state index contributed by atoms with van der Waals surface area (Å²) in [6.45, 7) is 9.25. The van der Waals surface area contributed by atoms with E-state index in [1.54, 1.807) is 39.0 Å². The minimum Gasteiger partial charge on any atom is -0.444 e. The summed E-state index contributed by atoms with van der Waals surface area (Å²) in [7, 11) is 0. The highest BCUT2D eigenvalue weighted by Crippen LogP contribution is 2.25. The van der Waals surface area contributed by atoms with Crippen LogP contribution in [0.2, 0.25) is 10.0 Å². The van der Waals surface area contributed by atoms with Gasteiger partial charge in [0.2, 0.25) is 0 Å². The SMILES string of the molecule is CC(C)CC(NC(=O)OC(C)(C)C)C(=O)NSc1cc(Cl)cc(Cl)c1. The monoisotopic (exact) mass is 406 g/mol. The van der Waals surface area contributed by atoms with Crippen molar-refractivity contribution < 1.29 is 14.3 Å². The average Bonchev–Trinajstić information content (AvgIpc) is 2.40. The number of hydrogen-bond donors (Lipinski definition) is 2. The Morgan fingerprint density at radius 3 is 2.20 bits per heavy atom. The van der Waals surface area contributed by atoms with Crippen molar-refractivity contribution in [3.05, 3.63) is 28.2 Å². The van der Waals surface area contributed by atoms with Crippen molar-refractivity contribution in [2.75, 3.05) is 0 Å². The molecule has 0 saturated heterocycles. The number of carbonyl (C=O) groups excluding carboxylic acids is 2. The van der Waals surface area contributed by atoms with Crippen LogP contribution in [0.4, 0.5) is 4.79 Å². The van der Waals surface area contributed by atoms with Crippen molar-refractivity contribution in [1.82, 2.24) is 10.0 Å². The zero-order valence-electron chi connectivity index (χ0n) is 15.0. The number of amides is 2. The van der Waals surface area contributed by atoms with E-state index in [-0.39, 0.29) is 11.8 Å². The van der Waals surface area contributed by atoms with Crippen LogP contribution in [-0.4, -0.2) is 23.6 Å². The lowest BCUT2D eigenvalue weighted by Gasteiger charge is -2.24. The number of nitrogens with one attached hydrogen (secondary N) is 2. The molecule has 5 nitrogen and oxygen atoms in total. The number of carbonyl (C=O) groups is 2. The molecule has 1 atom stereocenters. The molecule has 1 unspecified atom stereocenters. The van der Waals surface area contributed by atoms with Crippen LogP contribution >= 0.6 is 35.1 Å². The second-order valence-electron chi connectivity index (χ2n) is 7.00. The van der Waals surface area contributed by atoms with Crippen LogP contribution in [0.3, 0.4) is 0 Å². The molecule has 25 heavy (non-hydrogen) atoms. The van der Waals surface area contributed by atoms with Crippen molar-refractivity contribution in [3.63, 3.8) is 0 Å². The summed E-state index contributed by atoms with van der Waals surface area (Å²) in [4.78, 5) is 25.1. The maximum Gasteiger partial charge on any atom is 0.408 e. The first-order valence-electron chi connectivity index (χ1n) is 7.88. The highest BCUT2D eigenvalue weighted by atomic mass is 35.5. The largest absolute Gasteiger partial charge is 0.444 e. The Morgan fingerprint density at radius 2 is 1.72 bits per heavy atom. The average molecular weight is 407 g/mol. The van der Waals surface area contributed by atoms with E-state index in [0.717, 1.165) is 11.9 Å². The first-order chi connectivity index (χ1) is 11.5. The molecule has 1 rings (SSSR count). The maximum absolute atomic E-state index is 12.5. The summed E-state index contributed by atoms with van der Waals surface area (Å²) in [5.41, 5.74) is -0.630. The van der Waals surface area contributed by atoms with Gasteiger partial charge < -0.3 is 10.1 Å². The molecule has 0 aliphatic heterocycles. The highest BCUT2D eigenvalue weighted by Gasteiger charge is 2.25. The molecule has 0 aliphatic rings. The Kier molecular flexibility index (Phi) is 8.38. The molecule has 2 amide bonds. The van der Waals surface area contributed by atoms with Gasteiger partial charge in [-0.25, -0.2) is 4.79 Å². The summed E-state index contributed by atoms with van der Waals surface area (Å²) in [5, 5.41) is 3.59. The van der Waals surface area contributed by atoms with E-state index in [2.05, 4.69) is 10.0 Å². The molecule has 0 spiro atoms. The zero-order chi connectivity index (χ0) is 19.2. The van der Waals surface area contributed by atoms with Crippen LogP contribution < -0.4 is 10.0 Å². The van der Waals surface area contributed by atoms with Gasteiger partial charge in [0.1, 0.15) is 11.6 Å². The van der Waals surface area contributed by atoms with Crippen LogP contribution in [0, 0.1) is 5.92 Å². The van der Waals surface area contributed by atoms with E-state index >= 15 is 0 Å². The number of benzene rings is 1. The molecule has 1 aromatic carbocycles. The topological polar surface area (TPSA) is 67.4 Å². The number of alkyl carbamates (subject to hydrolysis) is 1. The van der Waals surface area contributed by atoms with Crippen LogP contribution in [0.5, 0.6) is 0 Å². The van der Waals surface area contributed by atoms with E-state index < -0.39 is 17.7 Å². The van der Waals surface area contributed by atoms with Gasteiger partial charge in [-0.15, -0.1) is 0 Å². The number of hydrogen-bond acceptors (Lipinski definition) is 4. The minimum atomic E-state index is -0.697.